The van der Waals surface area contributed by atoms with Gasteiger partial charge < -0.3 is 9.72 Å². The van der Waals surface area contributed by atoms with Gasteiger partial charge >= 0.3 is 5.97 Å². The third kappa shape index (κ3) is 1.59. The van der Waals surface area contributed by atoms with Gasteiger partial charge in [-0.1, -0.05) is 11.6 Å². The molecule has 0 atom stereocenters. The number of fused-ring (bicyclic) bond motifs is 1. The van der Waals surface area contributed by atoms with Crippen molar-refractivity contribution in [1.82, 2.24) is 15.0 Å². The van der Waals surface area contributed by atoms with E-state index in [1.165, 1.54) is 13.4 Å². The van der Waals surface area contributed by atoms with Gasteiger partial charge in [-0.2, -0.15) is 0 Å². The van der Waals surface area contributed by atoms with Crippen molar-refractivity contribution in [2.24, 2.45) is 0 Å². The maximum Gasteiger partial charge on any atom is 0.355 e. The number of nitrogens with one attached hydrogen (secondary N) is 1. The smallest absolute Gasteiger partial charge is 0.355 e. The molecule has 0 saturated heterocycles. The Morgan fingerprint density at radius 3 is 2.93 bits per heavy atom. The molecule has 0 unspecified atom stereocenters. The number of ether oxygens (including phenoxy) is 1. The molecular weight excluding hydrogens is 285 g/mol. The lowest BCUT2D eigenvalue weighted by Crippen LogP contribution is -2.01. The lowest BCUT2D eigenvalue weighted by atomic mass is 10.3. The van der Waals surface area contributed by atoms with Crippen LogP contribution in [0.4, 0.5) is 0 Å². The fourth-order valence-corrected chi connectivity index (χ4v) is 2.17. The molecule has 0 bridgehead atoms. The minimum Gasteiger partial charge on any atom is -0.464 e. The predicted octanol–water partition coefficient (Wildman–Crippen LogP) is 2.16. The van der Waals surface area contributed by atoms with Gasteiger partial charge in [0.15, 0.2) is 0 Å². The Morgan fingerprint density at radius 2 is 2.33 bits per heavy atom. The van der Waals surface area contributed by atoms with Crippen LogP contribution in [0.2, 0.25) is 5.15 Å². The second kappa shape index (κ2) is 3.79. The molecule has 2 aromatic heterocycles. The van der Waals surface area contributed by atoms with Crippen LogP contribution in [0.15, 0.2) is 10.8 Å². The van der Waals surface area contributed by atoms with Crippen molar-refractivity contribution in [3.63, 3.8) is 0 Å². The van der Waals surface area contributed by atoms with Crippen LogP contribution in [-0.4, -0.2) is 28.0 Å². The first-order valence-corrected chi connectivity index (χ1v) is 5.08. The van der Waals surface area contributed by atoms with Crippen molar-refractivity contribution in [2.75, 3.05) is 7.11 Å². The number of carbonyl (C=O) groups excluding carboxylic acids is 1. The summed E-state index contributed by atoms with van der Waals surface area (Å²) in [5, 5.41) is 0.845. The van der Waals surface area contributed by atoms with Crippen molar-refractivity contribution in [2.45, 2.75) is 0 Å². The summed E-state index contributed by atoms with van der Waals surface area (Å²) < 4.78 is 5.10. The first-order valence-electron chi connectivity index (χ1n) is 3.91. The van der Waals surface area contributed by atoms with Crippen LogP contribution < -0.4 is 0 Å². The van der Waals surface area contributed by atoms with E-state index >= 15 is 0 Å². The summed E-state index contributed by atoms with van der Waals surface area (Å²) in [6.45, 7) is 0. The van der Waals surface area contributed by atoms with Gasteiger partial charge in [-0.05, 0) is 15.9 Å². The van der Waals surface area contributed by atoms with Crippen molar-refractivity contribution >= 4 is 44.5 Å². The number of methoxy groups -OCH3 is 1. The Labute approximate surface area is 97.9 Å². The fraction of sp³-hybridized carbons (Fsp3) is 0.125. The van der Waals surface area contributed by atoms with Crippen molar-refractivity contribution in [3.8, 4) is 0 Å². The average Bonchev–Trinajstić information content (AvgIpc) is 2.56. The SMILES string of the molecule is COC(=O)c1[nH]c2ncnc(Cl)c2c1Br. The number of nitrogens with zero attached hydrogens (tertiary/aromatic N) is 2. The van der Waals surface area contributed by atoms with Gasteiger partial charge in [0.25, 0.3) is 0 Å². The molecule has 5 nitrogen and oxygen atoms in total. The summed E-state index contributed by atoms with van der Waals surface area (Å²) in [5.41, 5.74) is 0.761. The number of aromatic amines is 1. The van der Waals surface area contributed by atoms with Gasteiger partial charge in [-0.15, -0.1) is 0 Å². The molecule has 78 valence electrons. The second-order valence-corrected chi connectivity index (χ2v) is 3.84. The van der Waals surface area contributed by atoms with E-state index in [1.807, 2.05) is 0 Å². The highest BCUT2D eigenvalue weighted by Gasteiger charge is 2.19. The van der Waals surface area contributed by atoms with Crippen LogP contribution in [0, 0.1) is 0 Å². The lowest BCUT2D eigenvalue weighted by Gasteiger charge is -1.94. The van der Waals surface area contributed by atoms with Crippen LogP contribution in [-0.2, 0) is 4.74 Å². The molecule has 2 rings (SSSR count). The lowest BCUT2D eigenvalue weighted by molar-refractivity contribution is 0.0594. The molecule has 0 radical (unpaired) electrons. The zero-order valence-electron chi connectivity index (χ0n) is 7.54. The van der Waals surface area contributed by atoms with Crippen LogP contribution >= 0.6 is 27.5 Å². The molecule has 0 saturated carbocycles. The van der Waals surface area contributed by atoms with Gasteiger partial charge in [0.1, 0.15) is 22.8 Å². The molecule has 15 heavy (non-hydrogen) atoms. The maximum atomic E-state index is 11.3. The van der Waals surface area contributed by atoms with Gasteiger partial charge in [-0.25, -0.2) is 14.8 Å². The summed E-state index contributed by atoms with van der Waals surface area (Å²) in [6.07, 6.45) is 1.31. The number of hydrogen-bond acceptors (Lipinski definition) is 4. The number of H-pyrrole nitrogens is 1. The van der Waals surface area contributed by atoms with E-state index in [9.17, 15) is 4.79 Å². The highest BCUT2D eigenvalue weighted by Crippen LogP contribution is 2.31. The molecule has 0 spiro atoms. The summed E-state index contributed by atoms with van der Waals surface area (Å²) in [7, 11) is 1.30. The molecule has 0 aliphatic heterocycles. The molecular formula is C8H5BrClN3O2. The maximum absolute atomic E-state index is 11.3. The number of aromatic nitrogens is 3. The molecule has 0 amide bonds. The number of esters is 1. The van der Waals surface area contributed by atoms with E-state index in [1.54, 1.807) is 0 Å². The topological polar surface area (TPSA) is 67.9 Å². The summed E-state index contributed by atoms with van der Waals surface area (Å²) in [5.74, 6) is -0.490. The monoisotopic (exact) mass is 289 g/mol. The molecule has 7 heteroatoms. The number of rotatable bonds is 1. The Morgan fingerprint density at radius 1 is 1.60 bits per heavy atom. The normalized spacial score (nSPS) is 10.6. The quantitative estimate of drug-likeness (QED) is 0.645. The molecule has 0 aliphatic rings. The fourth-order valence-electron chi connectivity index (χ4n) is 1.19. The van der Waals surface area contributed by atoms with E-state index < -0.39 is 5.97 Å². The van der Waals surface area contributed by atoms with Gasteiger partial charge in [0, 0.05) is 0 Å². The zero-order valence-corrected chi connectivity index (χ0v) is 9.89. The van der Waals surface area contributed by atoms with Crippen LogP contribution in [0.3, 0.4) is 0 Å². The highest BCUT2D eigenvalue weighted by molar-refractivity contribution is 9.10. The van der Waals surface area contributed by atoms with Crippen molar-refractivity contribution in [1.29, 1.82) is 0 Å². The molecule has 2 aromatic rings. The highest BCUT2D eigenvalue weighted by atomic mass is 79.9. The van der Waals surface area contributed by atoms with E-state index in [2.05, 4.69) is 35.6 Å². The Balaban J connectivity index is 2.75. The third-order valence-corrected chi connectivity index (χ3v) is 2.95. The zero-order chi connectivity index (χ0) is 11.0. The van der Waals surface area contributed by atoms with E-state index in [4.69, 9.17) is 11.6 Å². The van der Waals surface area contributed by atoms with E-state index in [0.717, 1.165) is 0 Å². The second-order valence-electron chi connectivity index (χ2n) is 2.69. The molecule has 2 heterocycles. The van der Waals surface area contributed by atoms with Crippen LogP contribution in [0.25, 0.3) is 11.0 Å². The average molecular weight is 291 g/mol. The summed E-state index contributed by atoms with van der Waals surface area (Å²) >= 11 is 9.12. The molecule has 0 fully saturated rings. The Hall–Kier alpha value is -1.14. The minimum atomic E-state index is -0.490. The minimum absolute atomic E-state index is 0.273. The van der Waals surface area contributed by atoms with Gasteiger partial charge in [0.2, 0.25) is 0 Å². The van der Waals surface area contributed by atoms with Crippen LogP contribution in [0.5, 0.6) is 0 Å². The van der Waals surface area contributed by atoms with Gasteiger partial charge in [0.05, 0.1) is 17.0 Å². The van der Waals surface area contributed by atoms with E-state index in [-0.39, 0.29) is 10.8 Å². The molecule has 1 N–H and O–H groups in total. The van der Waals surface area contributed by atoms with E-state index in [0.29, 0.717) is 15.5 Å². The van der Waals surface area contributed by atoms with Crippen molar-refractivity contribution < 1.29 is 9.53 Å². The largest absolute Gasteiger partial charge is 0.464 e. The molecule has 0 aliphatic carbocycles. The first-order chi connectivity index (χ1) is 7.15. The predicted molar refractivity (Wildman–Crippen MR) is 57.9 cm³/mol. The third-order valence-electron chi connectivity index (χ3n) is 1.87. The Kier molecular flexibility index (Phi) is 2.62. The standard InChI is InChI=1S/C8H5BrClN3O2/c1-15-8(14)5-4(9)3-6(10)11-2-12-7(3)13-5/h2H,1H3,(H,11,12,13). The molecule has 0 aromatic carbocycles. The number of halogens is 2. The first kappa shape index (κ1) is 10.4. The van der Waals surface area contributed by atoms with Crippen LogP contribution in [0.1, 0.15) is 10.5 Å². The van der Waals surface area contributed by atoms with Crippen molar-refractivity contribution in [3.05, 3.63) is 21.6 Å². The summed E-state index contributed by atoms with van der Waals surface area (Å²) in [6, 6.07) is 0. The summed E-state index contributed by atoms with van der Waals surface area (Å²) in [4.78, 5) is 21.9. The number of hydrogen-bond donors (Lipinski definition) is 1. The Bertz CT molecular complexity index is 540. The van der Waals surface area contributed by atoms with Gasteiger partial charge in [-0.3, -0.25) is 0 Å². The number of carbonyl (C=O) groups is 1.